The van der Waals surface area contributed by atoms with Crippen LogP contribution in [0, 0.1) is 0 Å². The number of nitrogens with one attached hydrogen (secondary N) is 3. The van der Waals surface area contributed by atoms with Gasteiger partial charge in [-0.1, -0.05) is 6.07 Å². The molecular weight excluding hydrogens is 320 g/mol. The zero-order valence-corrected chi connectivity index (χ0v) is 14.1. The van der Waals surface area contributed by atoms with Gasteiger partial charge in [0.15, 0.2) is 5.82 Å². The van der Waals surface area contributed by atoms with Crippen molar-refractivity contribution in [1.29, 1.82) is 0 Å². The van der Waals surface area contributed by atoms with Gasteiger partial charge in [0, 0.05) is 37.7 Å². The summed E-state index contributed by atoms with van der Waals surface area (Å²) in [5.41, 5.74) is 0.597. The van der Waals surface area contributed by atoms with E-state index in [1.807, 2.05) is 30.0 Å². The number of pyridine rings is 1. The minimum atomic E-state index is -0.236. The van der Waals surface area contributed by atoms with Crippen molar-refractivity contribution in [3.8, 4) is 0 Å². The molecule has 0 unspecified atom stereocenters. The maximum Gasteiger partial charge on any atom is 0.315 e. The van der Waals surface area contributed by atoms with Gasteiger partial charge < -0.3 is 20.5 Å². The van der Waals surface area contributed by atoms with Gasteiger partial charge in [-0.15, -0.1) is 0 Å². The van der Waals surface area contributed by atoms with Crippen molar-refractivity contribution in [2.24, 2.45) is 0 Å². The van der Waals surface area contributed by atoms with Crippen LogP contribution in [0.25, 0.3) is 0 Å². The van der Waals surface area contributed by atoms with Gasteiger partial charge in [-0.05, 0) is 31.9 Å². The van der Waals surface area contributed by atoms with Crippen LogP contribution in [-0.4, -0.2) is 40.1 Å². The lowest BCUT2D eigenvalue weighted by atomic mass is 10.1. The number of H-pyrrole nitrogens is 1. The third-order valence-corrected chi connectivity index (χ3v) is 4.22. The van der Waals surface area contributed by atoms with E-state index >= 15 is 0 Å². The number of urea groups is 1. The lowest BCUT2D eigenvalue weighted by molar-refractivity contribution is 0.232. The minimum absolute atomic E-state index is 0.0360. The number of aromatic nitrogens is 3. The molecule has 2 atom stereocenters. The molecular formula is C17H22N6O2. The first-order chi connectivity index (χ1) is 12.1. The monoisotopic (exact) mass is 342 g/mol. The summed E-state index contributed by atoms with van der Waals surface area (Å²) in [5, 5.41) is 5.87. The van der Waals surface area contributed by atoms with Crippen LogP contribution in [0.5, 0.6) is 0 Å². The predicted molar refractivity (Wildman–Crippen MR) is 94.4 cm³/mol. The Balaban J connectivity index is 1.56. The molecule has 3 heterocycles. The number of nitrogens with zero attached hydrogens (tertiary/aromatic N) is 3. The number of anilines is 1. The molecule has 0 aromatic carbocycles. The highest BCUT2D eigenvalue weighted by Crippen LogP contribution is 2.14. The van der Waals surface area contributed by atoms with Crippen LogP contribution in [-0.2, 0) is 0 Å². The summed E-state index contributed by atoms with van der Waals surface area (Å²) >= 11 is 0. The SMILES string of the molecule is C[C@@H](NC(=O)N[C@@H]1CCCN(c2ncc[nH]c2=O)C1)c1ccccn1. The van der Waals surface area contributed by atoms with E-state index in [0.29, 0.717) is 12.4 Å². The molecule has 0 aliphatic carbocycles. The Morgan fingerprint density at radius 2 is 2.24 bits per heavy atom. The van der Waals surface area contributed by atoms with Crippen LogP contribution in [0.2, 0.25) is 0 Å². The van der Waals surface area contributed by atoms with Crippen LogP contribution < -0.4 is 21.1 Å². The summed E-state index contributed by atoms with van der Waals surface area (Å²) in [4.78, 5) is 37.1. The number of hydrogen-bond donors (Lipinski definition) is 3. The van der Waals surface area contributed by atoms with Crippen molar-refractivity contribution in [1.82, 2.24) is 25.6 Å². The summed E-state index contributed by atoms with van der Waals surface area (Å²) in [6.45, 7) is 3.21. The maximum absolute atomic E-state index is 12.3. The Morgan fingerprint density at radius 1 is 1.36 bits per heavy atom. The van der Waals surface area contributed by atoms with Gasteiger partial charge in [0.2, 0.25) is 0 Å². The summed E-state index contributed by atoms with van der Waals surface area (Å²) in [5.74, 6) is 0.399. The molecule has 3 N–H and O–H groups in total. The topological polar surface area (TPSA) is 103 Å². The third kappa shape index (κ3) is 4.34. The zero-order valence-electron chi connectivity index (χ0n) is 14.1. The fourth-order valence-electron chi connectivity index (χ4n) is 2.99. The Kier molecular flexibility index (Phi) is 5.27. The van der Waals surface area contributed by atoms with Crippen molar-refractivity contribution < 1.29 is 4.79 Å². The van der Waals surface area contributed by atoms with Gasteiger partial charge >= 0.3 is 6.03 Å². The summed E-state index contributed by atoms with van der Waals surface area (Å²) in [7, 11) is 0. The molecule has 0 radical (unpaired) electrons. The second-order valence-corrected chi connectivity index (χ2v) is 6.12. The Labute approximate surface area is 145 Å². The van der Waals surface area contributed by atoms with E-state index in [1.54, 1.807) is 12.4 Å². The fourth-order valence-corrected chi connectivity index (χ4v) is 2.99. The summed E-state index contributed by atoms with van der Waals surface area (Å²) < 4.78 is 0. The maximum atomic E-state index is 12.3. The fraction of sp³-hybridized carbons (Fsp3) is 0.412. The highest BCUT2D eigenvalue weighted by Gasteiger charge is 2.24. The first kappa shape index (κ1) is 16.9. The standard InChI is InChI=1S/C17H22N6O2/c1-12(14-6-2-3-7-18-14)21-17(25)22-13-5-4-10-23(11-13)15-16(24)20-9-8-19-15/h2-3,6-9,12-13H,4-5,10-11H2,1H3,(H,20,24)(H2,21,22,25)/t12-,13-/m1/s1. The molecule has 132 valence electrons. The largest absolute Gasteiger partial charge is 0.350 e. The number of carbonyl (C=O) groups is 1. The zero-order chi connectivity index (χ0) is 17.6. The van der Waals surface area contributed by atoms with Crippen molar-refractivity contribution in [2.75, 3.05) is 18.0 Å². The molecule has 1 fully saturated rings. The van der Waals surface area contributed by atoms with Gasteiger partial charge in [0.1, 0.15) is 0 Å². The van der Waals surface area contributed by atoms with Crippen LogP contribution in [0.15, 0.2) is 41.6 Å². The van der Waals surface area contributed by atoms with E-state index in [-0.39, 0.29) is 23.7 Å². The number of rotatable bonds is 4. The molecule has 8 nitrogen and oxygen atoms in total. The normalized spacial score (nSPS) is 18.4. The molecule has 0 spiro atoms. The van der Waals surface area contributed by atoms with Crippen molar-refractivity contribution in [3.63, 3.8) is 0 Å². The van der Waals surface area contributed by atoms with Crippen LogP contribution >= 0.6 is 0 Å². The highest BCUT2D eigenvalue weighted by molar-refractivity contribution is 5.74. The number of amides is 2. The number of carbonyl (C=O) groups excluding carboxylic acids is 1. The molecule has 0 bridgehead atoms. The molecule has 0 saturated carbocycles. The Morgan fingerprint density at radius 3 is 3.00 bits per heavy atom. The van der Waals surface area contributed by atoms with Crippen molar-refractivity contribution in [2.45, 2.75) is 31.8 Å². The first-order valence-corrected chi connectivity index (χ1v) is 8.40. The molecule has 8 heteroatoms. The van der Waals surface area contributed by atoms with E-state index in [2.05, 4.69) is 25.6 Å². The smallest absolute Gasteiger partial charge is 0.315 e. The molecule has 1 aliphatic heterocycles. The predicted octanol–water partition coefficient (Wildman–Crippen LogP) is 1.19. The molecule has 2 amide bonds. The van der Waals surface area contributed by atoms with Crippen LogP contribution in [0.1, 0.15) is 31.5 Å². The molecule has 3 rings (SSSR count). The molecule has 2 aromatic heterocycles. The van der Waals surface area contributed by atoms with Gasteiger partial charge in [0.25, 0.3) is 5.56 Å². The van der Waals surface area contributed by atoms with Crippen LogP contribution in [0.3, 0.4) is 0 Å². The molecule has 2 aromatic rings. The summed E-state index contributed by atoms with van der Waals surface area (Å²) in [6.07, 6.45) is 6.53. The third-order valence-electron chi connectivity index (χ3n) is 4.22. The molecule has 1 aliphatic rings. The molecule has 1 saturated heterocycles. The van der Waals surface area contributed by atoms with E-state index in [0.717, 1.165) is 25.1 Å². The molecule has 25 heavy (non-hydrogen) atoms. The van der Waals surface area contributed by atoms with Gasteiger partial charge in [-0.2, -0.15) is 0 Å². The highest BCUT2D eigenvalue weighted by atomic mass is 16.2. The van der Waals surface area contributed by atoms with E-state index in [4.69, 9.17) is 0 Å². The van der Waals surface area contributed by atoms with Gasteiger partial charge in [-0.3, -0.25) is 9.78 Å². The Hall–Kier alpha value is -2.90. The Bertz CT molecular complexity index is 763. The van der Waals surface area contributed by atoms with Crippen molar-refractivity contribution in [3.05, 3.63) is 52.8 Å². The first-order valence-electron chi connectivity index (χ1n) is 8.40. The number of piperidine rings is 1. The second kappa shape index (κ2) is 7.78. The summed E-state index contributed by atoms with van der Waals surface area (Å²) in [6, 6.07) is 5.15. The second-order valence-electron chi connectivity index (χ2n) is 6.12. The minimum Gasteiger partial charge on any atom is -0.350 e. The number of aromatic amines is 1. The average Bonchev–Trinajstić information content (AvgIpc) is 2.63. The van der Waals surface area contributed by atoms with Crippen molar-refractivity contribution >= 4 is 11.8 Å². The van der Waals surface area contributed by atoms with Gasteiger partial charge in [-0.25, -0.2) is 9.78 Å². The van der Waals surface area contributed by atoms with E-state index in [1.165, 1.54) is 6.20 Å². The van der Waals surface area contributed by atoms with Gasteiger partial charge in [0.05, 0.1) is 11.7 Å². The van der Waals surface area contributed by atoms with Crippen LogP contribution in [0.4, 0.5) is 10.6 Å². The lowest BCUT2D eigenvalue weighted by Crippen LogP contribution is -2.51. The average molecular weight is 342 g/mol. The van der Waals surface area contributed by atoms with E-state index in [9.17, 15) is 9.59 Å². The van der Waals surface area contributed by atoms with E-state index < -0.39 is 0 Å². The number of hydrogen-bond acceptors (Lipinski definition) is 5. The quantitative estimate of drug-likeness (QED) is 0.774. The lowest BCUT2D eigenvalue weighted by Gasteiger charge is -2.33.